The van der Waals surface area contributed by atoms with E-state index in [1.807, 2.05) is 13.8 Å². The molecular weight excluding hydrogens is 298 g/mol. The number of nitrogens with one attached hydrogen (secondary N) is 1. The van der Waals surface area contributed by atoms with Crippen molar-refractivity contribution in [1.82, 2.24) is 5.32 Å². The average Bonchev–Trinajstić information content (AvgIpc) is 2.55. The van der Waals surface area contributed by atoms with Crippen LogP contribution >= 0.6 is 0 Å². The molecule has 6 heteroatoms. The van der Waals surface area contributed by atoms with Gasteiger partial charge in [-0.15, -0.1) is 0 Å². The summed E-state index contributed by atoms with van der Waals surface area (Å²) < 4.78 is 15.7. The number of rotatable bonds is 8. The molecule has 1 aromatic carbocycles. The molecule has 0 aliphatic heterocycles. The van der Waals surface area contributed by atoms with E-state index in [0.717, 1.165) is 0 Å². The van der Waals surface area contributed by atoms with Gasteiger partial charge in [-0.2, -0.15) is 0 Å². The van der Waals surface area contributed by atoms with Gasteiger partial charge < -0.3 is 19.5 Å². The topological polar surface area (TPSA) is 73.9 Å². The molecule has 0 saturated heterocycles. The normalized spacial score (nSPS) is 12.9. The fourth-order valence-electron chi connectivity index (χ4n) is 2.02. The lowest BCUT2D eigenvalue weighted by atomic mass is 9.98. The maximum absolute atomic E-state index is 12.4. The predicted molar refractivity (Wildman–Crippen MR) is 87.0 cm³/mol. The zero-order valence-electron chi connectivity index (χ0n) is 14.4. The van der Waals surface area contributed by atoms with Crippen LogP contribution in [0, 0.1) is 0 Å². The van der Waals surface area contributed by atoms with Crippen LogP contribution in [0.4, 0.5) is 0 Å². The lowest BCUT2D eigenvalue weighted by Gasteiger charge is -2.26. The largest absolute Gasteiger partial charge is 0.490 e. The molecule has 0 aliphatic rings. The molecular formula is C17H25NO5. The number of methoxy groups -OCH3 is 1. The van der Waals surface area contributed by atoms with Crippen molar-refractivity contribution in [2.75, 3.05) is 20.3 Å². The predicted octanol–water partition coefficient (Wildman–Crippen LogP) is 2.56. The van der Waals surface area contributed by atoms with E-state index in [4.69, 9.17) is 14.2 Å². The summed E-state index contributed by atoms with van der Waals surface area (Å²) >= 11 is 0. The smallest absolute Gasteiger partial charge is 0.331 e. The lowest BCUT2D eigenvalue weighted by molar-refractivity contribution is -0.147. The summed E-state index contributed by atoms with van der Waals surface area (Å²) in [6, 6.07) is 4.93. The fourth-order valence-corrected chi connectivity index (χ4v) is 2.02. The molecule has 128 valence electrons. The second kappa shape index (κ2) is 8.41. The Kier molecular flexibility index (Phi) is 6.88. The van der Waals surface area contributed by atoms with E-state index < -0.39 is 11.5 Å². The number of hydrogen-bond donors (Lipinski definition) is 1. The highest BCUT2D eigenvalue weighted by Crippen LogP contribution is 2.28. The summed E-state index contributed by atoms with van der Waals surface area (Å²) in [7, 11) is 1.30. The van der Waals surface area contributed by atoms with Gasteiger partial charge in [0.2, 0.25) is 0 Å². The Bertz CT molecular complexity index is 558. The molecule has 0 heterocycles. The van der Waals surface area contributed by atoms with Crippen molar-refractivity contribution in [3.8, 4) is 11.5 Å². The quantitative estimate of drug-likeness (QED) is 0.744. The summed E-state index contributed by atoms with van der Waals surface area (Å²) in [5, 5.41) is 2.72. The van der Waals surface area contributed by atoms with Gasteiger partial charge in [0.15, 0.2) is 11.5 Å². The van der Waals surface area contributed by atoms with Gasteiger partial charge in [0, 0.05) is 5.56 Å². The highest BCUT2D eigenvalue weighted by molar-refractivity contribution is 5.98. The molecule has 0 radical (unpaired) electrons. The molecule has 1 N–H and O–H groups in total. The van der Waals surface area contributed by atoms with Gasteiger partial charge in [-0.25, -0.2) is 4.79 Å². The Balaban J connectivity index is 3.03. The number of benzene rings is 1. The summed E-state index contributed by atoms with van der Waals surface area (Å²) in [4.78, 5) is 24.3. The molecule has 1 aromatic rings. The highest BCUT2D eigenvalue weighted by Gasteiger charge is 2.34. The Labute approximate surface area is 137 Å². The van der Waals surface area contributed by atoms with Crippen LogP contribution in [0.3, 0.4) is 0 Å². The fraction of sp³-hybridized carbons (Fsp3) is 0.529. The van der Waals surface area contributed by atoms with E-state index >= 15 is 0 Å². The van der Waals surface area contributed by atoms with Gasteiger partial charge in [-0.3, -0.25) is 4.79 Å². The summed E-state index contributed by atoms with van der Waals surface area (Å²) in [5.41, 5.74) is -0.684. The Hall–Kier alpha value is -2.24. The molecule has 0 aliphatic carbocycles. The second-order valence-electron chi connectivity index (χ2n) is 5.16. The minimum atomic E-state index is -1.07. The zero-order chi connectivity index (χ0) is 17.5. The zero-order valence-corrected chi connectivity index (χ0v) is 14.4. The van der Waals surface area contributed by atoms with E-state index in [1.165, 1.54) is 7.11 Å². The maximum atomic E-state index is 12.4. The van der Waals surface area contributed by atoms with E-state index in [-0.39, 0.29) is 5.91 Å². The Morgan fingerprint density at radius 3 is 2.22 bits per heavy atom. The number of hydrogen-bond acceptors (Lipinski definition) is 5. The first-order valence-corrected chi connectivity index (χ1v) is 7.72. The van der Waals surface area contributed by atoms with Crippen molar-refractivity contribution >= 4 is 11.9 Å². The van der Waals surface area contributed by atoms with Crippen molar-refractivity contribution in [3.63, 3.8) is 0 Å². The average molecular weight is 323 g/mol. The van der Waals surface area contributed by atoms with E-state index in [0.29, 0.717) is 36.7 Å². The third-order valence-corrected chi connectivity index (χ3v) is 3.54. The van der Waals surface area contributed by atoms with Crippen LogP contribution in [0.5, 0.6) is 11.5 Å². The first-order chi connectivity index (χ1) is 10.9. The number of carbonyl (C=O) groups is 2. The summed E-state index contributed by atoms with van der Waals surface area (Å²) in [6.45, 7) is 8.13. The minimum Gasteiger partial charge on any atom is -0.490 e. The third kappa shape index (κ3) is 4.61. The molecule has 0 bridgehead atoms. The molecule has 1 rings (SSSR count). The van der Waals surface area contributed by atoms with Crippen LogP contribution in [0.15, 0.2) is 18.2 Å². The molecule has 0 fully saturated rings. The molecule has 0 saturated carbocycles. The van der Waals surface area contributed by atoms with E-state index in [9.17, 15) is 9.59 Å². The SMILES string of the molecule is CCOc1ccc(C(=O)N[C@@](C)(CC)C(=O)OC)cc1OCC. The lowest BCUT2D eigenvalue weighted by Crippen LogP contribution is -2.52. The highest BCUT2D eigenvalue weighted by atomic mass is 16.5. The molecule has 0 spiro atoms. The standard InChI is InChI=1S/C17H25NO5/c1-6-17(4,16(20)21-5)18-15(19)12-9-10-13(22-7-2)14(11-12)23-8-3/h9-11H,6-8H2,1-5H3,(H,18,19)/t17-/m0/s1. The van der Waals surface area contributed by atoms with Gasteiger partial charge >= 0.3 is 5.97 Å². The van der Waals surface area contributed by atoms with Crippen LogP contribution in [-0.4, -0.2) is 37.7 Å². The van der Waals surface area contributed by atoms with Crippen molar-refractivity contribution in [3.05, 3.63) is 23.8 Å². The van der Waals surface area contributed by atoms with Crippen molar-refractivity contribution in [2.45, 2.75) is 39.7 Å². The Morgan fingerprint density at radius 1 is 1.09 bits per heavy atom. The molecule has 1 amide bonds. The molecule has 23 heavy (non-hydrogen) atoms. The number of carbonyl (C=O) groups excluding carboxylic acids is 2. The van der Waals surface area contributed by atoms with Crippen LogP contribution < -0.4 is 14.8 Å². The first kappa shape index (κ1) is 18.8. The van der Waals surface area contributed by atoms with Crippen molar-refractivity contribution in [1.29, 1.82) is 0 Å². The summed E-state index contributed by atoms with van der Waals surface area (Å²) in [6.07, 6.45) is 0.417. The number of esters is 1. The van der Waals surface area contributed by atoms with Gasteiger partial charge in [-0.1, -0.05) is 6.92 Å². The van der Waals surface area contributed by atoms with Crippen LogP contribution in [-0.2, 0) is 9.53 Å². The van der Waals surface area contributed by atoms with Gasteiger partial charge in [0.25, 0.3) is 5.91 Å². The summed E-state index contributed by atoms with van der Waals surface area (Å²) in [5.74, 6) is 0.225. The van der Waals surface area contributed by atoms with Crippen LogP contribution in [0.25, 0.3) is 0 Å². The van der Waals surface area contributed by atoms with Gasteiger partial charge in [0.1, 0.15) is 5.54 Å². The molecule has 0 unspecified atom stereocenters. The number of ether oxygens (including phenoxy) is 3. The van der Waals surface area contributed by atoms with Crippen LogP contribution in [0.2, 0.25) is 0 Å². The maximum Gasteiger partial charge on any atom is 0.331 e. The number of amides is 1. The minimum absolute atomic E-state index is 0.372. The van der Waals surface area contributed by atoms with Gasteiger partial charge in [0.05, 0.1) is 20.3 Å². The molecule has 6 nitrogen and oxygen atoms in total. The monoisotopic (exact) mass is 323 g/mol. The van der Waals surface area contributed by atoms with Crippen molar-refractivity contribution < 1.29 is 23.8 Å². The van der Waals surface area contributed by atoms with Crippen molar-refractivity contribution in [2.24, 2.45) is 0 Å². The first-order valence-electron chi connectivity index (χ1n) is 7.72. The van der Waals surface area contributed by atoms with Gasteiger partial charge in [-0.05, 0) is 45.4 Å². The third-order valence-electron chi connectivity index (χ3n) is 3.54. The molecule has 1 atom stereocenters. The van der Waals surface area contributed by atoms with E-state index in [1.54, 1.807) is 32.0 Å². The van der Waals surface area contributed by atoms with E-state index in [2.05, 4.69) is 5.32 Å². The Morgan fingerprint density at radius 2 is 1.70 bits per heavy atom. The molecule has 0 aromatic heterocycles. The second-order valence-corrected chi connectivity index (χ2v) is 5.16. The van der Waals surface area contributed by atoms with Crippen LogP contribution in [0.1, 0.15) is 44.5 Å².